The quantitative estimate of drug-likeness (QED) is 0.238. The van der Waals surface area contributed by atoms with Crippen LogP contribution in [0, 0.1) is 5.92 Å². The van der Waals surface area contributed by atoms with Gasteiger partial charge in [-0.05, 0) is 86.7 Å². The molecule has 6 rings (SSSR count). The minimum Gasteiger partial charge on any atom is -0.340 e. The van der Waals surface area contributed by atoms with E-state index in [-0.39, 0.29) is 11.3 Å². The lowest BCUT2D eigenvalue weighted by atomic mass is 9.78. The fourth-order valence-electron chi connectivity index (χ4n) is 6.34. The molecule has 2 aliphatic rings. The number of anilines is 2. The van der Waals surface area contributed by atoms with Gasteiger partial charge in [-0.15, -0.1) is 0 Å². The first-order valence-electron chi connectivity index (χ1n) is 14.1. The number of alkyl halides is 6. The Hall–Kier alpha value is -3.73. The summed E-state index contributed by atoms with van der Waals surface area (Å²) in [5.41, 5.74) is -0.751. The standard InChI is InChI=1S/C31H29F6N5/c32-30(33,34)21-10-12-22(13-11-21)39-29-23-14-9-20(28-24(31(35,36)37)7-3-15-38-28)17-25(23)40-27(41-29)18-42-16-4-6-19-5-1-2-8-26(19)42/h3,7,9-15,17,19,26H,1-2,4-6,8,16,18H2,(H,39,40,41). The normalized spacial score (nSPS) is 20.0. The second-order valence-electron chi connectivity index (χ2n) is 11.0. The maximum atomic E-state index is 13.8. The average molecular weight is 586 g/mol. The van der Waals surface area contributed by atoms with Gasteiger partial charge in [0.2, 0.25) is 0 Å². The molecule has 0 bridgehead atoms. The highest BCUT2D eigenvalue weighted by Gasteiger charge is 2.35. The zero-order chi connectivity index (χ0) is 29.5. The molecule has 1 aliphatic carbocycles. The minimum atomic E-state index is -4.59. The van der Waals surface area contributed by atoms with E-state index in [1.54, 1.807) is 12.1 Å². The van der Waals surface area contributed by atoms with Crippen molar-refractivity contribution in [2.75, 3.05) is 11.9 Å². The van der Waals surface area contributed by atoms with E-state index in [4.69, 9.17) is 9.97 Å². The SMILES string of the molecule is FC(F)(F)c1ccc(Nc2nc(CN3CCCC4CCCCC43)nc3cc(-c4ncccc4C(F)(F)F)ccc23)cc1. The number of rotatable bonds is 5. The van der Waals surface area contributed by atoms with E-state index in [9.17, 15) is 26.3 Å². The summed E-state index contributed by atoms with van der Waals surface area (Å²) in [5.74, 6) is 1.50. The van der Waals surface area contributed by atoms with Crippen LogP contribution in [-0.4, -0.2) is 32.4 Å². The van der Waals surface area contributed by atoms with Gasteiger partial charge in [-0.25, -0.2) is 9.97 Å². The number of hydrogen-bond acceptors (Lipinski definition) is 5. The molecule has 0 radical (unpaired) electrons. The first-order chi connectivity index (χ1) is 20.1. The fraction of sp³-hybridized carbons (Fsp3) is 0.387. The van der Waals surface area contributed by atoms with Crippen LogP contribution < -0.4 is 5.32 Å². The van der Waals surface area contributed by atoms with Crippen LogP contribution in [0.2, 0.25) is 0 Å². The van der Waals surface area contributed by atoms with E-state index in [0.717, 1.165) is 37.6 Å². The van der Waals surface area contributed by atoms with Gasteiger partial charge in [-0.3, -0.25) is 9.88 Å². The lowest BCUT2D eigenvalue weighted by molar-refractivity contribution is -0.138. The molecular weight excluding hydrogens is 556 g/mol. The fourth-order valence-corrected chi connectivity index (χ4v) is 6.34. The van der Waals surface area contributed by atoms with Gasteiger partial charge in [0.1, 0.15) is 11.6 Å². The third-order valence-corrected chi connectivity index (χ3v) is 8.31. The predicted octanol–water partition coefficient (Wildman–Crippen LogP) is 8.63. The Morgan fingerprint density at radius 1 is 0.833 bits per heavy atom. The van der Waals surface area contributed by atoms with Crippen molar-refractivity contribution in [1.82, 2.24) is 19.9 Å². The average Bonchev–Trinajstić information content (AvgIpc) is 2.96. The molecule has 2 unspecified atom stereocenters. The van der Waals surface area contributed by atoms with Crippen LogP contribution in [0.25, 0.3) is 22.2 Å². The second kappa shape index (κ2) is 11.2. The van der Waals surface area contributed by atoms with Gasteiger partial charge in [0.15, 0.2) is 0 Å². The summed E-state index contributed by atoms with van der Waals surface area (Å²) in [6.45, 7) is 1.38. The summed E-state index contributed by atoms with van der Waals surface area (Å²) in [5, 5.41) is 3.65. The van der Waals surface area contributed by atoms with Crippen molar-refractivity contribution in [3.8, 4) is 11.3 Å². The number of nitrogens with one attached hydrogen (secondary N) is 1. The van der Waals surface area contributed by atoms with Crippen molar-refractivity contribution in [2.24, 2.45) is 5.92 Å². The van der Waals surface area contributed by atoms with E-state index in [0.29, 0.717) is 46.7 Å². The molecule has 2 atom stereocenters. The van der Waals surface area contributed by atoms with Gasteiger partial charge < -0.3 is 5.32 Å². The van der Waals surface area contributed by atoms with E-state index in [1.807, 2.05) is 0 Å². The molecule has 1 N–H and O–H groups in total. The number of piperidine rings is 1. The Kier molecular flexibility index (Phi) is 7.55. The maximum Gasteiger partial charge on any atom is 0.418 e. The molecular formula is C31H29F6N5. The van der Waals surface area contributed by atoms with Gasteiger partial charge in [0.25, 0.3) is 0 Å². The molecule has 11 heteroatoms. The smallest absolute Gasteiger partial charge is 0.340 e. The number of hydrogen-bond donors (Lipinski definition) is 1. The van der Waals surface area contributed by atoms with Gasteiger partial charge >= 0.3 is 12.4 Å². The molecule has 220 valence electrons. The molecule has 1 saturated carbocycles. The maximum absolute atomic E-state index is 13.8. The summed E-state index contributed by atoms with van der Waals surface area (Å²) in [7, 11) is 0. The van der Waals surface area contributed by atoms with E-state index < -0.39 is 23.5 Å². The Morgan fingerprint density at radius 2 is 1.60 bits per heavy atom. The Labute approximate surface area is 239 Å². The van der Waals surface area contributed by atoms with Gasteiger partial charge in [0, 0.05) is 28.9 Å². The number of pyridine rings is 1. The van der Waals surface area contributed by atoms with Crippen molar-refractivity contribution in [2.45, 2.75) is 63.5 Å². The number of nitrogens with zero attached hydrogens (tertiary/aromatic N) is 4. The monoisotopic (exact) mass is 585 g/mol. The number of benzene rings is 2. The van der Waals surface area contributed by atoms with Gasteiger partial charge in [-0.1, -0.05) is 18.9 Å². The first kappa shape index (κ1) is 28.4. The van der Waals surface area contributed by atoms with E-state index in [2.05, 4.69) is 15.2 Å². The number of aromatic nitrogens is 3. The summed E-state index contributed by atoms with van der Waals surface area (Å²) in [4.78, 5) is 16.0. The largest absolute Gasteiger partial charge is 0.418 e. The predicted molar refractivity (Wildman–Crippen MR) is 148 cm³/mol. The van der Waals surface area contributed by atoms with Crippen molar-refractivity contribution in [3.63, 3.8) is 0 Å². The third-order valence-electron chi connectivity index (χ3n) is 8.31. The first-order valence-corrected chi connectivity index (χ1v) is 14.1. The van der Waals surface area contributed by atoms with E-state index in [1.165, 1.54) is 56.1 Å². The zero-order valence-electron chi connectivity index (χ0n) is 22.6. The highest BCUT2D eigenvalue weighted by atomic mass is 19.4. The van der Waals surface area contributed by atoms with Gasteiger partial charge in [0.05, 0.1) is 28.9 Å². The topological polar surface area (TPSA) is 53.9 Å². The molecule has 1 saturated heterocycles. The Bertz CT molecular complexity index is 1570. The van der Waals surface area contributed by atoms with Gasteiger partial charge in [-0.2, -0.15) is 26.3 Å². The third kappa shape index (κ3) is 5.92. The van der Waals surface area contributed by atoms with Crippen LogP contribution in [0.15, 0.2) is 60.8 Å². The minimum absolute atomic E-state index is 0.203. The van der Waals surface area contributed by atoms with Crippen molar-refractivity contribution < 1.29 is 26.3 Å². The molecule has 42 heavy (non-hydrogen) atoms. The summed E-state index contributed by atoms with van der Waals surface area (Å²) >= 11 is 0. The molecule has 2 aromatic carbocycles. The lowest BCUT2D eigenvalue weighted by Crippen LogP contribution is -2.46. The molecule has 2 fully saturated rings. The second-order valence-corrected chi connectivity index (χ2v) is 11.0. The van der Waals surface area contributed by atoms with Crippen LogP contribution in [0.1, 0.15) is 55.5 Å². The Balaban J connectivity index is 1.41. The molecule has 0 amide bonds. The van der Waals surface area contributed by atoms with E-state index >= 15 is 0 Å². The summed E-state index contributed by atoms with van der Waals surface area (Å²) < 4.78 is 80.6. The summed E-state index contributed by atoms with van der Waals surface area (Å²) in [6.07, 6.45) is -0.732. The van der Waals surface area contributed by atoms with Crippen LogP contribution in [0.3, 0.4) is 0 Å². The number of halogens is 6. The molecule has 2 aromatic heterocycles. The van der Waals surface area contributed by atoms with Crippen molar-refractivity contribution >= 4 is 22.4 Å². The molecule has 3 heterocycles. The number of likely N-dealkylation sites (tertiary alicyclic amines) is 1. The van der Waals surface area contributed by atoms with Crippen molar-refractivity contribution in [3.05, 3.63) is 77.7 Å². The molecule has 4 aromatic rings. The van der Waals surface area contributed by atoms with Crippen LogP contribution in [0.5, 0.6) is 0 Å². The molecule has 0 spiro atoms. The number of fused-ring (bicyclic) bond motifs is 2. The van der Waals surface area contributed by atoms with Crippen LogP contribution in [-0.2, 0) is 18.9 Å². The Morgan fingerprint density at radius 3 is 2.36 bits per heavy atom. The highest BCUT2D eigenvalue weighted by molar-refractivity contribution is 5.93. The van der Waals surface area contributed by atoms with Crippen LogP contribution in [0.4, 0.5) is 37.8 Å². The molecule has 5 nitrogen and oxygen atoms in total. The highest BCUT2D eigenvalue weighted by Crippen LogP contribution is 2.39. The molecule has 1 aliphatic heterocycles. The zero-order valence-corrected chi connectivity index (χ0v) is 22.6. The van der Waals surface area contributed by atoms with Crippen LogP contribution >= 0.6 is 0 Å². The van der Waals surface area contributed by atoms with Crippen molar-refractivity contribution in [1.29, 1.82) is 0 Å². The summed E-state index contributed by atoms with van der Waals surface area (Å²) in [6, 6.07) is 12.0. The lowest BCUT2D eigenvalue weighted by Gasteiger charge is -2.43.